The number of carbonyl (C=O) groups is 1. The predicted molar refractivity (Wildman–Crippen MR) is 102 cm³/mol. The van der Waals surface area contributed by atoms with Crippen LogP contribution in [0.4, 0.5) is 4.39 Å². The minimum absolute atomic E-state index is 0.190. The first-order chi connectivity index (χ1) is 13.0. The summed E-state index contributed by atoms with van der Waals surface area (Å²) >= 11 is 0. The van der Waals surface area contributed by atoms with Gasteiger partial charge in [-0.25, -0.2) is 4.39 Å². The van der Waals surface area contributed by atoms with Gasteiger partial charge < -0.3 is 15.6 Å². The molecule has 6 heteroatoms. The number of nitrogens with one attached hydrogen (secondary N) is 1. The molecule has 138 valence electrons. The van der Waals surface area contributed by atoms with Crippen LogP contribution in [0.15, 0.2) is 65.3 Å². The summed E-state index contributed by atoms with van der Waals surface area (Å²) in [6.45, 7) is 5.81. The van der Waals surface area contributed by atoms with Gasteiger partial charge in [-0.1, -0.05) is 36.0 Å². The highest BCUT2D eigenvalue weighted by atomic mass is 19.1. The summed E-state index contributed by atoms with van der Waals surface area (Å²) in [5.41, 5.74) is 9.33. The van der Waals surface area contributed by atoms with E-state index in [1.54, 1.807) is 43.3 Å². The molecule has 0 saturated carbocycles. The lowest BCUT2D eigenvalue weighted by molar-refractivity contribution is 0.0954. The number of aryl methyl sites for hydroxylation is 1. The molecule has 1 aromatic heterocycles. The zero-order valence-corrected chi connectivity index (χ0v) is 15.0. The van der Waals surface area contributed by atoms with E-state index in [0.717, 1.165) is 11.1 Å². The third-order valence-electron chi connectivity index (χ3n) is 4.13. The standard InChI is InChI=1S/C21H20FN3O2/c1-13(23)10-11-24-21(26)16-8-6-15(7-9-16)20-19(14(2)27-25-20)17-4-3-5-18(22)12-17/h3-9,12H,1,10-11,23H2,2H3,(H,24,26). The van der Waals surface area contributed by atoms with E-state index >= 15 is 0 Å². The lowest BCUT2D eigenvalue weighted by atomic mass is 9.98. The van der Waals surface area contributed by atoms with Crippen LogP contribution in [0.25, 0.3) is 22.4 Å². The van der Waals surface area contributed by atoms with E-state index in [9.17, 15) is 9.18 Å². The molecule has 1 heterocycles. The second kappa shape index (κ2) is 7.86. The van der Waals surface area contributed by atoms with Crippen LogP contribution in [0.1, 0.15) is 22.5 Å². The first-order valence-corrected chi connectivity index (χ1v) is 8.50. The van der Waals surface area contributed by atoms with Crippen molar-refractivity contribution >= 4 is 5.91 Å². The van der Waals surface area contributed by atoms with Gasteiger partial charge >= 0.3 is 0 Å². The van der Waals surface area contributed by atoms with Gasteiger partial charge in [0.1, 0.15) is 17.3 Å². The van der Waals surface area contributed by atoms with Crippen molar-refractivity contribution in [3.63, 3.8) is 0 Å². The van der Waals surface area contributed by atoms with E-state index in [-0.39, 0.29) is 11.7 Å². The Morgan fingerprint density at radius 2 is 1.96 bits per heavy atom. The third kappa shape index (κ3) is 4.23. The largest absolute Gasteiger partial charge is 0.402 e. The highest BCUT2D eigenvalue weighted by molar-refractivity contribution is 5.95. The second-order valence-corrected chi connectivity index (χ2v) is 6.21. The van der Waals surface area contributed by atoms with Crippen molar-refractivity contribution in [3.05, 3.63) is 77.9 Å². The molecule has 0 fully saturated rings. The van der Waals surface area contributed by atoms with Gasteiger partial charge in [-0.3, -0.25) is 4.79 Å². The first kappa shape index (κ1) is 18.4. The molecule has 0 bridgehead atoms. The van der Waals surface area contributed by atoms with Crippen LogP contribution in [0.2, 0.25) is 0 Å². The Balaban J connectivity index is 1.84. The van der Waals surface area contributed by atoms with Crippen molar-refractivity contribution in [2.45, 2.75) is 13.3 Å². The van der Waals surface area contributed by atoms with Crippen molar-refractivity contribution in [1.82, 2.24) is 10.5 Å². The van der Waals surface area contributed by atoms with Crippen molar-refractivity contribution in [2.75, 3.05) is 6.54 Å². The van der Waals surface area contributed by atoms with Gasteiger partial charge in [0.15, 0.2) is 0 Å². The van der Waals surface area contributed by atoms with Crippen molar-refractivity contribution < 1.29 is 13.7 Å². The number of aromatic nitrogens is 1. The molecule has 0 aliphatic heterocycles. The van der Waals surface area contributed by atoms with Crippen LogP contribution in [-0.2, 0) is 0 Å². The van der Waals surface area contributed by atoms with Crippen molar-refractivity contribution in [1.29, 1.82) is 0 Å². The lowest BCUT2D eigenvalue weighted by Gasteiger charge is -2.07. The van der Waals surface area contributed by atoms with Gasteiger partial charge in [0.05, 0.1) is 5.56 Å². The Bertz CT molecular complexity index is 977. The Labute approximate surface area is 156 Å². The SMILES string of the molecule is C=C(N)CCNC(=O)c1ccc(-c2noc(C)c2-c2cccc(F)c2)cc1. The number of rotatable bonds is 6. The summed E-state index contributed by atoms with van der Waals surface area (Å²) in [6.07, 6.45) is 0.527. The lowest BCUT2D eigenvalue weighted by Crippen LogP contribution is -2.25. The molecule has 0 aliphatic carbocycles. The van der Waals surface area contributed by atoms with Crippen LogP contribution in [0.3, 0.4) is 0 Å². The van der Waals surface area contributed by atoms with E-state index in [0.29, 0.717) is 41.2 Å². The summed E-state index contributed by atoms with van der Waals surface area (Å²) in [6, 6.07) is 13.3. The van der Waals surface area contributed by atoms with E-state index in [4.69, 9.17) is 10.3 Å². The monoisotopic (exact) mass is 365 g/mol. The minimum atomic E-state index is -0.328. The number of carbonyl (C=O) groups excluding carboxylic acids is 1. The van der Waals surface area contributed by atoms with Crippen molar-refractivity contribution in [3.8, 4) is 22.4 Å². The molecular weight excluding hydrogens is 345 g/mol. The van der Waals surface area contributed by atoms with Crippen LogP contribution in [0.5, 0.6) is 0 Å². The smallest absolute Gasteiger partial charge is 0.251 e. The van der Waals surface area contributed by atoms with Gasteiger partial charge in [0, 0.05) is 29.8 Å². The Hall–Kier alpha value is -3.41. The first-order valence-electron chi connectivity index (χ1n) is 8.50. The fraction of sp³-hybridized carbons (Fsp3) is 0.143. The second-order valence-electron chi connectivity index (χ2n) is 6.21. The molecule has 0 aliphatic rings. The number of hydrogen-bond acceptors (Lipinski definition) is 4. The summed E-state index contributed by atoms with van der Waals surface area (Å²) in [5.74, 6) is 0.0788. The molecule has 0 spiro atoms. The maximum atomic E-state index is 13.6. The molecule has 0 atom stereocenters. The van der Waals surface area contributed by atoms with Crippen LogP contribution < -0.4 is 11.1 Å². The molecule has 1 amide bonds. The summed E-state index contributed by atoms with van der Waals surface area (Å²) in [5, 5.41) is 6.90. The van der Waals surface area contributed by atoms with E-state index in [1.165, 1.54) is 12.1 Å². The van der Waals surface area contributed by atoms with Crippen LogP contribution >= 0.6 is 0 Å². The van der Waals surface area contributed by atoms with Crippen molar-refractivity contribution in [2.24, 2.45) is 5.73 Å². The number of hydrogen-bond donors (Lipinski definition) is 2. The minimum Gasteiger partial charge on any atom is -0.402 e. The summed E-state index contributed by atoms with van der Waals surface area (Å²) in [4.78, 5) is 12.1. The summed E-state index contributed by atoms with van der Waals surface area (Å²) < 4.78 is 18.9. The zero-order valence-electron chi connectivity index (χ0n) is 15.0. The average molecular weight is 365 g/mol. The summed E-state index contributed by atoms with van der Waals surface area (Å²) in [7, 11) is 0. The van der Waals surface area contributed by atoms with E-state index in [1.807, 2.05) is 0 Å². The highest BCUT2D eigenvalue weighted by Crippen LogP contribution is 2.34. The molecule has 0 unspecified atom stereocenters. The molecule has 0 saturated heterocycles. The van der Waals surface area contributed by atoms with E-state index < -0.39 is 0 Å². The highest BCUT2D eigenvalue weighted by Gasteiger charge is 2.17. The van der Waals surface area contributed by atoms with Gasteiger partial charge in [-0.2, -0.15) is 0 Å². The molecule has 3 rings (SSSR count). The fourth-order valence-corrected chi connectivity index (χ4v) is 2.77. The number of amides is 1. The number of nitrogens with zero attached hydrogens (tertiary/aromatic N) is 1. The quantitative estimate of drug-likeness (QED) is 0.690. The van der Waals surface area contributed by atoms with Gasteiger partial charge in [-0.15, -0.1) is 0 Å². The average Bonchev–Trinajstić information content (AvgIpc) is 3.03. The van der Waals surface area contributed by atoms with Gasteiger partial charge in [0.25, 0.3) is 5.91 Å². The number of nitrogens with two attached hydrogens (primary N) is 1. The van der Waals surface area contributed by atoms with Gasteiger partial charge in [0.2, 0.25) is 0 Å². The Morgan fingerprint density at radius 1 is 1.22 bits per heavy atom. The molecule has 27 heavy (non-hydrogen) atoms. The maximum absolute atomic E-state index is 13.6. The molecule has 0 radical (unpaired) electrons. The maximum Gasteiger partial charge on any atom is 0.251 e. The molecular formula is C21H20FN3O2. The Kier molecular flexibility index (Phi) is 5.35. The predicted octanol–water partition coefficient (Wildman–Crippen LogP) is 4.05. The zero-order chi connectivity index (χ0) is 19.4. The van der Waals surface area contributed by atoms with E-state index in [2.05, 4.69) is 17.1 Å². The number of halogens is 1. The molecule has 3 N–H and O–H groups in total. The Morgan fingerprint density at radius 3 is 2.63 bits per heavy atom. The normalized spacial score (nSPS) is 10.6. The van der Waals surface area contributed by atoms with Gasteiger partial charge in [-0.05, 0) is 36.8 Å². The molecule has 2 aromatic carbocycles. The number of benzene rings is 2. The topological polar surface area (TPSA) is 81.1 Å². The van der Waals surface area contributed by atoms with Crippen LogP contribution in [0, 0.1) is 12.7 Å². The van der Waals surface area contributed by atoms with Crippen LogP contribution in [-0.4, -0.2) is 17.6 Å². The third-order valence-corrected chi connectivity index (χ3v) is 4.13. The molecule has 5 nitrogen and oxygen atoms in total. The fourth-order valence-electron chi connectivity index (χ4n) is 2.77. The molecule has 3 aromatic rings.